The fraction of sp³-hybridized carbons (Fsp3) is 0.190. The molecule has 1 N–H and O–H groups in total. The van der Waals surface area contributed by atoms with Crippen LogP contribution in [0.1, 0.15) is 25.3 Å². The lowest BCUT2D eigenvalue weighted by Crippen LogP contribution is -2.30. The summed E-state index contributed by atoms with van der Waals surface area (Å²) in [5, 5.41) is 6.63. The third-order valence-corrected chi connectivity index (χ3v) is 6.27. The van der Waals surface area contributed by atoms with E-state index >= 15 is 0 Å². The monoisotopic (exact) mass is 445 g/mol. The number of anilines is 1. The lowest BCUT2D eigenvalue weighted by molar-refractivity contribution is -0.117. The second-order valence-electron chi connectivity index (χ2n) is 6.95. The quantitative estimate of drug-likeness (QED) is 0.626. The van der Waals surface area contributed by atoms with E-state index in [0.29, 0.717) is 10.7 Å². The number of hydrogen-bond acceptors (Lipinski definition) is 5. The third-order valence-electron chi connectivity index (χ3n) is 4.38. The number of sulfone groups is 1. The van der Waals surface area contributed by atoms with Crippen LogP contribution in [0.15, 0.2) is 75.4 Å². The number of nitrogens with zero attached hydrogens (tertiary/aromatic N) is 2. The normalized spacial score (nSPS) is 11.5. The Morgan fingerprint density at radius 3 is 2.43 bits per heavy atom. The highest BCUT2D eigenvalue weighted by Gasteiger charge is 2.21. The first kappa shape index (κ1) is 21.7. The molecule has 0 aliphatic heterocycles. The van der Waals surface area contributed by atoms with Crippen molar-refractivity contribution in [2.75, 3.05) is 5.32 Å². The van der Waals surface area contributed by atoms with E-state index in [0.717, 1.165) is 22.4 Å². The second kappa shape index (κ2) is 8.81. The number of aromatic nitrogens is 2. The number of carbonyl (C=O) groups is 1. The SMILES string of the molecule is CC(C)c1ccc(S(=O)(=O)c2ccc(=O)n(CC(=O)Nc3cccc(Cl)c3)n2)cc1. The summed E-state index contributed by atoms with van der Waals surface area (Å²) in [6, 6.07) is 15.2. The summed E-state index contributed by atoms with van der Waals surface area (Å²) in [5.41, 5.74) is 0.865. The van der Waals surface area contributed by atoms with E-state index in [1.807, 2.05) is 13.8 Å². The summed E-state index contributed by atoms with van der Waals surface area (Å²) in [6.07, 6.45) is 0. The van der Waals surface area contributed by atoms with Crippen LogP contribution >= 0.6 is 11.6 Å². The zero-order chi connectivity index (χ0) is 21.9. The molecule has 0 atom stereocenters. The molecule has 1 amide bonds. The summed E-state index contributed by atoms with van der Waals surface area (Å²) in [5.74, 6) is -0.275. The lowest BCUT2D eigenvalue weighted by atomic mass is 10.0. The Balaban J connectivity index is 1.85. The largest absolute Gasteiger partial charge is 0.324 e. The Morgan fingerprint density at radius 1 is 1.10 bits per heavy atom. The summed E-state index contributed by atoms with van der Waals surface area (Å²) in [7, 11) is -3.94. The molecule has 1 heterocycles. The van der Waals surface area contributed by atoms with Crippen molar-refractivity contribution in [3.63, 3.8) is 0 Å². The molecular formula is C21H20ClN3O4S. The molecule has 9 heteroatoms. The van der Waals surface area contributed by atoms with Gasteiger partial charge in [0.05, 0.1) is 4.90 Å². The number of rotatable bonds is 6. The van der Waals surface area contributed by atoms with Crippen molar-refractivity contribution in [1.29, 1.82) is 0 Å². The zero-order valence-corrected chi connectivity index (χ0v) is 17.9. The van der Waals surface area contributed by atoms with Gasteiger partial charge in [0.25, 0.3) is 5.56 Å². The van der Waals surface area contributed by atoms with Gasteiger partial charge in [-0.15, -0.1) is 0 Å². The molecule has 3 rings (SSSR count). The van der Waals surface area contributed by atoms with Gasteiger partial charge in [0, 0.05) is 16.8 Å². The fourth-order valence-corrected chi connectivity index (χ4v) is 4.12. The average molecular weight is 446 g/mol. The Bertz CT molecular complexity index is 1240. The molecule has 3 aromatic rings. The lowest BCUT2D eigenvalue weighted by Gasteiger charge is -2.10. The standard InChI is InChI=1S/C21H20ClN3O4S/c1-14(2)15-6-8-18(9-7-15)30(28,29)20-10-11-21(27)25(24-20)13-19(26)23-17-5-3-4-16(22)12-17/h3-12,14H,13H2,1-2H3,(H,23,26). The molecular weight excluding hydrogens is 426 g/mol. The number of carbonyl (C=O) groups excluding carboxylic acids is 1. The minimum Gasteiger partial charge on any atom is -0.324 e. The van der Waals surface area contributed by atoms with E-state index in [2.05, 4.69) is 10.4 Å². The van der Waals surface area contributed by atoms with E-state index in [1.54, 1.807) is 36.4 Å². The summed E-state index contributed by atoms with van der Waals surface area (Å²) < 4.78 is 26.6. The maximum absolute atomic E-state index is 12.9. The van der Waals surface area contributed by atoms with Crippen molar-refractivity contribution in [1.82, 2.24) is 9.78 Å². The molecule has 0 aliphatic carbocycles. The summed E-state index contributed by atoms with van der Waals surface area (Å²) in [4.78, 5) is 24.4. The van der Waals surface area contributed by atoms with Gasteiger partial charge in [0.1, 0.15) is 6.54 Å². The first-order valence-electron chi connectivity index (χ1n) is 9.15. The van der Waals surface area contributed by atoms with Gasteiger partial charge < -0.3 is 5.32 Å². The predicted octanol–water partition coefficient (Wildman–Crippen LogP) is 3.49. The number of nitrogens with one attached hydrogen (secondary N) is 1. The highest BCUT2D eigenvalue weighted by Crippen LogP contribution is 2.21. The topological polar surface area (TPSA) is 98.1 Å². The molecule has 7 nitrogen and oxygen atoms in total. The average Bonchev–Trinajstić information content (AvgIpc) is 2.69. The van der Waals surface area contributed by atoms with Crippen molar-refractivity contribution >= 4 is 33.0 Å². The van der Waals surface area contributed by atoms with E-state index < -0.39 is 27.8 Å². The van der Waals surface area contributed by atoms with Crippen molar-refractivity contribution in [3.8, 4) is 0 Å². The van der Waals surface area contributed by atoms with Crippen LogP contribution in [0.2, 0.25) is 5.02 Å². The summed E-state index contributed by atoms with van der Waals surface area (Å²) in [6.45, 7) is 3.58. The van der Waals surface area contributed by atoms with Crippen molar-refractivity contribution in [2.45, 2.75) is 36.2 Å². The molecule has 0 saturated carbocycles. The van der Waals surface area contributed by atoms with Crippen LogP contribution in [0.25, 0.3) is 0 Å². The van der Waals surface area contributed by atoms with E-state index in [1.165, 1.54) is 12.1 Å². The third kappa shape index (κ3) is 4.95. The Morgan fingerprint density at radius 2 is 1.80 bits per heavy atom. The number of amides is 1. The van der Waals surface area contributed by atoms with E-state index in [9.17, 15) is 18.0 Å². The number of halogens is 1. The molecule has 30 heavy (non-hydrogen) atoms. The molecule has 0 aliphatic rings. The Hall–Kier alpha value is -2.97. The van der Waals surface area contributed by atoms with Gasteiger partial charge >= 0.3 is 0 Å². The van der Waals surface area contributed by atoms with Crippen LogP contribution in [0.3, 0.4) is 0 Å². The van der Waals surface area contributed by atoms with Crippen LogP contribution in [-0.4, -0.2) is 24.1 Å². The zero-order valence-electron chi connectivity index (χ0n) is 16.4. The van der Waals surface area contributed by atoms with Crippen LogP contribution in [0, 0.1) is 0 Å². The molecule has 1 aromatic heterocycles. The van der Waals surface area contributed by atoms with E-state index in [-0.39, 0.29) is 15.8 Å². The highest BCUT2D eigenvalue weighted by atomic mass is 35.5. The van der Waals surface area contributed by atoms with Gasteiger partial charge in [-0.3, -0.25) is 9.59 Å². The van der Waals surface area contributed by atoms with E-state index in [4.69, 9.17) is 11.6 Å². The van der Waals surface area contributed by atoms with Crippen molar-refractivity contribution in [3.05, 3.63) is 81.6 Å². The van der Waals surface area contributed by atoms with Gasteiger partial charge in [-0.25, -0.2) is 13.1 Å². The number of benzene rings is 2. The maximum Gasteiger partial charge on any atom is 0.267 e. The smallest absolute Gasteiger partial charge is 0.267 e. The van der Waals surface area contributed by atoms with Crippen molar-refractivity contribution in [2.24, 2.45) is 0 Å². The molecule has 0 unspecified atom stereocenters. The van der Waals surface area contributed by atoms with Gasteiger partial charge in [-0.05, 0) is 47.9 Å². The molecule has 2 aromatic carbocycles. The number of hydrogen-bond donors (Lipinski definition) is 1. The van der Waals surface area contributed by atoms with Crippen LogP contribution < -0.4 is 10.9 Å². The van der Waals surface area contributed by atoms with Gasteiger partial charge in [0.15, 0.2) is 5.03 Å². The maximum atomic E-state index is 12.9. The van der Waals surface area contributed by atoms with Crippen LogP contribution in [0.4, 0.5) is 5.69 Å². The Kier molecular flexibility index (Phi) is 6.38. The van der Waals surface area contributed by atoms with Crippen LogP contribution in [-0.2, 0) is 21.2 Å². The molecule has 0 bridgehead atoms. The van der Waals surface area contributed by atoms with Gasteiger partial charge in [-0.1, -0.05) is 43.6 Å². The molecule has 0 saturated heterocycles. The minimum absolute atomic E-state index is 0.0629. The summed E-state index contributed by atoms with van der Waals surface area (Å²) >= 11 is 5.88. The molecule has 0 radical (unpaired) electrons. The van der Waals surface area contributed by atoms with Gasteiger partial charge in [-0.2, -0.15) is 5.10 Å². The first-order valence-corrected chi connectivity index (χ1v) is 11.0. The fourth-order valence-electron chi connectivity index (χ4n) is 2.74. The van der Waals surface area contributed by atoms with Gasteiger partial charge in [0.2, 0.25) is 15.7 Å². The second-order valence-corrected chi connectivity index (χ2v) is 9.29. The molecule has 0 spiro atoms. The highest BCUT2D eigenvalue weighted by molar-refractivity contribution is 7.91. The molecule has 0 fully saturated rings. The molecule has 156 valence electrons. The first-order chi connectivity index (χ1) is 14.2. The van der Waals surface area contributed by atoms with Crippen LogP contribution in [0.5, 0.6) is 0 Å². The predicted molar refractivity (Wildman–Crippen MR) is 115 cm³/mol. The van der Waals surface area contributed by atoms with Crippen molar-refractivity contribution < 1.29 is 13.2 Å². The Labute approximate surface area is 179 Å². The minimum atomic E-state index is -3.94.